The molecular formula is C109H118Br2ClF5N14O9. The molecule has 0 spiro atoms. The molecule has 0 radical (unpaired) electrons. The molecule has 31 heteroatoms. The van der Waals surface area contributed by atoms with Gasteiger partial charge in [-0.1, -0.05) is 104 Å². The third kappa shape index (κ3) is 24.4. The largest absolute Gasteiger partial charge is 0.507 e. The second kappa shape index (κ2) is 46.5. The van der Waals surface area contributed by atoms with Crippen molar-refractivity contribution in [1.82, 2.24) is 70.9 Å². The molecule has 7 fully saturated rings. The van der Waals surface area contributed by atoms with Crippen LogP contribution in [-0.4, -0.2) is 175 Å². The summed E-state index contributed by atoms with van der Waals surface area (Å²) in [6.07, 6.45) is 9.65. The van der Waals surface area contributed by atoms with Gasteiger partial charge in [0.25, 0.3) is 38.9 Å². The van der Waals surface area contributed by atoms with Crippen LogP contribution in [0, 0.1) is 11.6 Å². The first-order valence-electron chi connectivity index (χ1n) is 48.3. The average Bonchev–Trinajstić information content (AvgIpc) is 0.763. The standard InChI is InChI=1S/C21H21ClN2O.C16H17F3N2O.C15H17FN2O.C15H18N2O2.C14H14Br2N2O.C14H15FN2O.C14H16N2O2/c1-24-12-10-15(11-13-24)20-19(14-6-8-16(22)9-7-14)17-4-2-3-5-18(17)21(25)23-20;1-21-7-5-10(6-8-21)14-9-12-11(15(22)20-14)3-2-4-13(12)16(17,18)19;1-18-7-5-10(6-8-18)14-9-12-11(15(19)17-14)3-2-4-13(12)16;1-19-14-4-2-3-11-12(14)9-13(17-15(11)18)10-5-7-16-8-6-10;15-9-5-11-10(12(16)6-9)7-13(18-14(11)19)8-1-3-17-4-2-8;15-12-3-1-2-10-11(12)8-13(17-14(10)18)9-4-6-16-7-5-9;17-13-3-1-2-10-11(13)8-12(16-14(10)18)9-4-6-15-7-5-9/h2-9,15H,10-13H2,1H3,(H,23,25);2-4,9-10H,5-8H2,1H3,(H,20,22);2-4,9-10H,5-8H2,1H3,(H,17,19);2-4,9-10,16H,5-8H2,1H3,(H,17,18);5-8,17H,1-4H2,(H,18,19);1-3,8-9,16H,4-7H2,(H,17,18);1-3,8-9,15,17H,4-7H2,(H,16,18). The van der Waals surface area contributed by atoms with E-state index in [9.17, 15) is 60.6 Å². The number of aromatic amines is 7. The number of rotatable bonds is 9. The van der Waals surface area contributed by atoms with E-state index in [4.69, 9.17) is 16.3 Å². The van der Waals surface area contributed by atoms with Crippen LogP contribution in [0.25, 0.3) is 86.5 Å². The van der Waals surface area contributed by atoms with E-state index in [2.05, 4.69) is 129 Å². The second-order valence-electron chi connectivity index (χ2n) is 37.6. The molecule has 0 unspecified atom stereocenters. The smallest absolute Gasteiger partial charge is 0.417 e. The number of nitrogens with zero attached hydrogens (tertiary/aromatic N) is 3. The highest BCUT2D eigenvalue weighted by Gasteiger charge is 2.34. The summed E-state index contributed by atoms with van der Waals surface area (Å²) < 4.78 is 74.3. The van der Waals surface area contributed by atoms with Crippen LogP contribution in [0.2, 0.25) is 5.02 Å². The number of H-pyrrole nitrogens is 7. The van der Waals surface area contributed by atoms with E-state index in [0.29, 0.717) is 78.9 Å². The minimum absolute atomic E-state index is 0.00208. The Bertz CT molecular complexity index is 7260. The second-order valence-corrected chi connectivity index (χ2v) is 39.8. The monoisotopic (exact) mass is 2050 g/mol. The zero-order chi connectivity index (χ0) is 98.4. The summed E-state index contributed by atoms with van der Waals surface area (Å²) in [5.74, 6) is 2.68. The molecule has 15 aromatic rings. The van der Waals surface area contributed by atoms with Crippen molar-refractivity contribution in [2.45, 2.75) is 137 Å². The first-order valence-corrected chi connectivity index (χ1v) is 50.3. The number of aromatic nitrogens is 7. The minimum Gasteiger partial charge on any atom is -0.507 e. The molecular weight excluding hydrogens is 1940 g/mol. The van der Waals surface area contributed by atoms with E-state index in [1.165, 1.54) is 30.3 Å². The maximum atomic E-state index is 13.8. The summed E-state index contributed by atoms with van der Waals surface area (Å²) >= 11 is 13.1. The molecule has 7 saturated heterocycles. The van der Waals surface area contributed by atoms with Crippen LogP contribution >= 0.6 is 43.5 Å². The van der Waals surface area contributed by atoms with Crippen molar-refractivity contribution in [3.05, 3.63) is 332 Å². The van der Waals surface area contributed by atoms with Gasteiger partial charge in [0.1, 0.15) is 23.1 Å². The van der Waals surface area contributed by atoms with Crippen molar-refractivity contribution < 1.29 is 31.8 Å². The number of alkyl halides is 3. The van der Waals surface area contributed by atoms with Gasteiger partial charge in [0.2, 0.25) is 0 Å². The van der Waals surface area contributed by atoms with Crippen molar-refractivity contribution in [3.63, 3.8) is 0 Å². The number of phenolic OH excluding ortho intramolecular Hbond substituents is 1. The quantitative estimate of drug-likeness (QED) is 0.0598. The molecule has 7 aromatic heterocycles. The predicted octanol–water partition coefficient (Wildman–Crippen LogP) is 19.8. The Morgan fingerprint density at radius 1 is 0.336 bits per heavy atom. The Balaban J connectivity index is 0.000000118. The fraction of sp³-hybridized carbons (Fsp3) is 0.367. The third-order valence-electron chi connectivity index (χ3n) is 28.4. The van der Waals surface area contributed by atoms with Gasteiger partial charge >= 0.3 is 6.18 Å². The number of benzene rings is 8. The summed E-state index contributed by atoms with van der Waals surface area (Å²) in [6, 6.07) is 54.5. The Kier molecular flexibility index (Phi) is 33.6. The van der Waals surface area contributed by atoms with Crippen molar-refractivity contribution in [2.24, 2.45) is 0 Å². The highest BCUT2D eigenvalue weighted by atomic mass is 79.9. The molecule has 0 atom stereocenters. The number of piperidine rings is 7. The number of halogens is 8. The van der Waals surface area contributed by atoms with Gasteiger partial charge in [0, 0.05) is 160 Å². The predicted molar refractivity (Wildman–Crippen MR) is 559 cm³/mol. The number of fused-ring (bicyclic) bond motifs is 7. The molecule has 140 heavy (non-hydrogen) atoms. The van der Waals surface area contributed by atoms with Gasteiger partial charge in [-0.3, -0.25) is 33.6 Å². The Hall–Kier alpha value is -11.6. The van der Waals surface area contributed by atoms with Crippen molar-refractivity contribution in [2.75, 3.05) is 120 Å². The summed E-state index contributed by atoms with van der Waals surface area (Å²) in [6.45, 7) is 13.8. The van der Waals surface area contributed by atoms with Gasteiger partial charge in [-0.2, -0.15) is 13.2 Å². The van der Waals surface area contributed by atoms with Crippen molar-refractivity contribution in [3.8, 4) is 22.6 Å². The number of phenols is 1. The van der Waals surface area contributed by atoms with E-state index < -0.39 is 17.3 Å². The first-order chi connectivity index (χ1) is 67.6. The molecule has 7 aliphatic rings. The zero-order valence-electron chi connectivity index (χ0n) is 78.8. The Labute approximate surface area is 827 Å². The van der Waals surface area contributed by atoms with Crippen molar-refractivity contribution in [1.29, 1.82) is 0 Å². The Morgan fingerprint density at radius 2 is 0.650 bits per heavy atom. The molecule has 734 valence electrons. The summed E-state index contributed by atoms with van der Waals surface area (Å²) in [4.78, 5) is 113. The molecule has 8 aromatic carbocycles. The van der Waals surface area contributed by atoms with Crippen LogP contribution in [0.4, 0.5) is 22.0 Å². The number of methoxy groups -OCH3 is 1. The number of nitrogens with one attached hydrogen (secondary N) is 11. The van der Waals surface area contributed by atoms with Crippen LogP contribution in [0.15, 0.2) is 231 Å². The number of ether oxygens (including phenoxy) is 1. The van der Waals surface area contributed by atoms with Crippen LogP contribution in [0.1, 0.15) is 177 Å². The van der Waals surface area contributed by atoms with Gasteiger partial charge < -0.3 is 80.7 Å². The number of aromatic hydroxyl groups is 1. The van der Waals surface area contributed by atoms with Gasteiger partial charge in [0.05, 0.1) is 23.4 Å². The normalized spacial score (nSPS) is 17.2. The summed E-state index contributed by atoms with van der Waals surface area (Å²) in [5, 5.41) is 31.9. The van der Waals surface area contributed by atoms with Crippen LogP contribution in [0.5, 0.6) is 11.5 Å². The van der Waals surface area contributed by atoms with Gasteiger partial charge in [-0.05, 0) is 341 Å². The minimum atomic E-state index is -4.46. The topological polar surface area (TPSA) is 317 Å². The molecule has 0 saturated carbocycles. The fourth-order valence-electron chi connectivity index (χ4n) is 20.5. The van der Waals surface area contributed by atoms with Gasteiger partial charge in [-0.25, -0.2) is 8.78 Å². The number of pyridine rings is 7. The van der Waals surface area contributed by atoms with E-state index in [0.717, 1.165) is 280 Å². The molecule has 23 nitrogen and oxygen atoms in total. The average molecular weight is 2060 g/mol. The molecule has 0 amide bonds. The fourth-order valence-corrected chi connectivity index (χ4v) is 21.9. The van der Waals surface area contributed by atoms with Crippen molar-refractivity contribution >= 4 is 119 Å². The number of hydrogen-bond donors (Lipinski definition) is 12. The summed E-state index contributed by atoms with van der Waals surface area (Å²) in [5.41, 5.74) is 6.97. The number of likely N-dealkylation sites (tertiary alicyclic amines) is 3. The van der Waals surface area contributed by atoms with Gasteiger partial charge in [0.15, 0.2) is 0 Å². The van der Waals surface area contributed by atoms with Crippen LogP contribution in [0.3, 0.4) is 0 Å². The lowest BCUT2D eigenvalue weighted by molar-refractivity contribution is -0.136. The molecule has 22 rings (SSSR count). The van der Waals surface area contributed by atoms with E-state index in [1.807, 2.05) is 98.0 Å². The summed E-state index contributed by atoms with van der Waals surface area (Å²) in [7, 11) is 7.90. The van der Waals surface area contributed by atoms with E-state index >= 15 is 0 Å². The number of hydrogen-bond acceptors (Lipinski definition) is 16. The molecule has 0 aliphatic carbocycles. The molecule has 14 heterocycles. The molecule has 12 N–H and O–H groups in total. The van der Waals surface area contributed by atoms with Gasteiger partial charge in [-0.15, -0.1) is 0 Å². The highest BCUT2D eigenvalue weighted by Crippen LogP contribution is 2.42. The zero-order valence-corrected chi connectivity index (χ0v) is 82.7. The molecule has 0 bridgehead atoms. The van der Waals surface area contributed by atoms with Crippen LogP contribution in [-0.2, 0) is 6.18 Å². The lowest BCUT2D eigenvalue weighted by Gasteiger charge is -2.30. The molecule has 7 aliphatic heterocycles. The van der Waals surface area contributed by atoms with E-state index in [-0.39, 0.29) is 67.4 Å². The first kappa shape index (κ1) is 101. The lowest BCUT2D eigenvalue weighted by Crippen LogP contribution is -2.30. The highest BCUT2D eigenvalue weighted by molar-refractivity contribution is 9.11. The SMILES string of the molecule is CN1CCC(c2[nH]c(=O)c3ccccc3c2-c2ccc(Cl)cc2)CC1.CN1CCC(c2cc3c(C(F)(F)F)cccc3c(=O)[nH]2)CC1.CN1CCC(c2cc3c(F)cccc3c(=O)[nH]2)CC1.COc1cccc2c(=O)[nH]c(C3CCNCC3)cc12.O=c1[nH]c(C2CCNCC2)cc2c(Br)cc(Br)cc12.O=c1[nH]c(C2CCNCC2)cc2c(F)cccc12.O=c1[nH]c(C2CCNCC2)cc2c(O)cccc12. The Morgan fingerprint density at radius 3 is 1.07 bits per heavy atom. The lowest BCUT2D eigenvalue weighted by atomic mass is 9.86. The van der Waals surface area contributed by atoms with E-state index in [1.54, 1.807) is 55.6 Å². The maximum Gasteiger partial charge on any atom is 0.417 e. The third-order valence-corrected chi connectivity index (χ3v) is 29.8. The maximum absolute atomic E-state index is 13.8. The van der Waals surface area contributed by atoms with Crippen LogP contribution < -0.4 is 64.9 Å².